The quantitative estimate of drug-likeness (QED) is 0.657. The lowest BCUT2D eigenvalue weighted by Crippen LogP contribution is -2.43. The van der Waals surface area contributed by atoms with Gasteiger partial charge in [0.05, 0.1) is 0 Å². The lowest BCUT2D eigenvalue weighted by Gasteiger charge is -2.33. The van der Waals surface area contributed by atoms with Crippen LogP contribution in [0.1, 0.15) is 40.0 Å². The second-order valence-electron chi connectivity index (χ2n) is 4.32. The number of likely N-dealkylation sites (tertiary alicyclic amines) is 1. The van der Waals surface area contributed by atoms with Gasteiger partial charge in [-0.05, 0) is 25.2 Å². The fourth-order valence-corrected chi connectivity index (χ4v) is 2.08. The third-order valence-corrected chi connectivity index (χ3v) is 2.87. The predicted molar refractivity (Wildman–Crippen MR) is 54.4 cm³/mol. The van der Waals surface area contributed by atoms with Crippen molar-refractivity contribution in [3.8, 4) is 0 Å². The zero-order valence-corrected chi connectivity index (χ0v) is 9.05. The van der Waals surface area contributed by atoms with Crippen molar-refractivity contribution < 1.29 is 4.79 Å². The molecule has 1 heterocycles. The van der Waals surface area contributed by atoms with Crippen LogP contribution in [0.5, 0.6) is 0 Å². The molecule has 0 aromatic heterocycles. The summed E-state index contributed by atoms with van der Waals surface area (Å²) in [7, 11) is 0. The van der Waals surface area contributed by atoms with Gasteiger partial charge in [-0.15, -0.1) is 0 Å². The molecule has 0 aromatic rings. The summed E-state index contributed by atoms with van der Waals surface area (Å²) >= 11 is 0. The molecule has 2 heteroatoms. The Hall–Kier alpha value is -0.530. The molecular weight excluding hydrogens is 162 g/mol. The monoisotopic (exact) mass is 183 g/mol. The molecule has 0 spiro atoms. The average Bonchev–Trinajstić information content (AvgIpc) is 2.08. The summed E-state index contributed by atoms with van der Waals surface area (Å²) in [5, 5.41) is 0. The van der Waals surface area contributed by atoms with Crippen LogP contribution >= 0.6 is 0 Å². The highest BCUT2D eigenvalue weighted by atomic mass is 16.2. The Morgan fingerprint density at radius 2 is 2.23 bits per heavy atom. The van der Waals surface area contributed by atoms with E-state index in [4.69, 9.17) is 0 Å². The van der Waals surface area contributed by atoms with Crippen molar-refractivity contribution >= 4 is 5.91 Å². The fourth-order valence-electron chi connectivity index (χ4n) is 2.08. The largest absolute Gasteiger partial charge is 0.342 e. The van der Waals surface area contributed by atoms with Gasteiger partial charge in [-0.1, -0.05) is 20.8 Å². The van der Waals surface area contributed by atoms with Gasteiger partial charge in [0.2, 0.25) is 5.91 Å². The van der Waals surface area contributed by atoms with Crippen molar-refractivity contribution in [2.24, 2.45) is 11.8 Å². The van der Waals surface area contributed by atoms with Gasteiger partial charge in [-0.25, -0.2) is 0 Å². The lowest BCUT2D eigenvalue weighted by molar-refractivity contribution is -0.140. The van der Waals surface area contributed by atoms with Crippen LogP contribution in [0.3, 0.4) is 0 Å². The number of amides is 1. The van der Waals surface area contributed by atoms with E-state index < -0.39 is 0 Å². The Balaban J connectivity index is 2.55. The maximum absolute atomic E-state index is 11.9. The van der Waals surface area contributed by atoms with Crippen LogP contribution < -0.4 is 0 Å². The van der Waals surface area contributed by atoms with E-state index in [1.165, 1.54) is 6.42 Å². The molecule has 1 amide bonds. The van der Waals surface area contributed by atoms with Crippen molar-refractivity contribution in [3.05, 3.63) is 0 Å². The van der Waals surface area contributed by atoms with E-state index in [1.54, 1.807) is 0 Å². The van der Waals surface area contributed by atoms with Gasteiger partial charge in [0.15, 0.2) is 0 Å². The Morgan fingerprint density at radius 3 is 2.77 bits per heavy atom. The van der Waals surface area contributed by atoms with Crippen molar-refractivity contribution in [1.82, 2.24) is 4.90 Å². The van der Waals surface area contributed by atoms with Crippen LogP contribution in [-0.2, 0) is 4.79 Å². The lowest BCUT2D eigenvalue weighted by atomic mass is 9.87. The first-order valence-corrected chi connectivity index (χ1v) is 5.45. The van der Waals surface area contributed by atoms with Gasteiger partial charge in [-0.3, -0.25) is 4.79 Å². The minimum Gasteiger partial charge on any atom is -0.342 e. The number of hydrogen-bond donors (Lipinski definition) is 0. The van der Waals surface area contributed by atoms with E-state index in [-0.39, 0.29) is 0 Å². The van der Waals surface area contributed by atoms with Crippen molar-refractivity contribution in [1.29, 1.82) is 0 Å². The zero-order valence-electron chi connectivity index (χ0n) is 9.05. The van der Waals surface area contributed by atoms with E-state index in [0.717, 1.165) is 25.9 Å². The summed E-state index contributed by atoms with van der Waals surface area (Å²) in [5.74, 6) is 1.19. The van der Waals surface area contributed by atoms with Crippen LogP contribution in [0.15, 0.2) is 0 Å². The summed E-state index contributed by atoms with van der Waals surface area (Å²) < 4.78 is 0. The highest BCUT2D eigenvalue weighted by molar-refractivity contribution is 5.79. The van der Waals surface area contributed by atoms with Gasteiger partial charge in [0, 0.05) is 19.0 Å². The van der Waals surface area contributed by atoms with Crippen LogP contribution in [0.2, 0.25) is 0 Å². The molecule has 1 aliphatic heterocycles. The normalized spacial score (nSPS) is 24.2. The van der Waals surface area contributed by atoms with Crippen LogP contribution in [0, 0.1) is 11.8 Å². The third-order valence-electron chi connectivity index (χ3n) is 2.87. The maximum atomic E-state index is 11.9. The number of hydrogen-bond acceptors (Lipinski definition) is 1. The number of nitrogens with zero attached hydrogens (tertiary/aromatic N) is 1. The molecule has 76 valence electrons. The first kappa shape index (κ1) is 10.6. The number of carbonyl (C=O) groups is 1. The molecule has 0 saturated carbocycles. The van der Waals surface area contributed by atoms with Gasteiger partial charge in [0.25, 0.3) is 0 Å². The molecular formula is C11H21NO. The predicted octanol–water partition coefficient (Wildman–Crippen LogP) is 2.29. The van der Waals surface area contributed by atoms with Crippen molar-refractivity contribution in [2.75, 3.05) is 13.1 Å². The molecule has 1 atom stereocenters. The van der Waals surface area contributed by atoms with E-state index >= 15 is 0 Å². The highest BCUT2D eigenvalue weighted by Gasteiger charge is 2.29. The SMILES string of the molecule is CCCN1CCCC(C(C)C)C1=O. The minimum absolute atomic E-state index is 0.292. The first-order valence-electron chi connectivity index (χ1n) is 5.45. The molecule has 0 bridgehead atoms. The van der Waals surface area contributed by atoms with Gasteiger partial charge in [0.1, 0.15) is 0 Å². The Labute approximate surface area is 81.3 Å². The van der Waals surface area contributed by atoms with E-state index in [1.807, 2.05) is 4.90 Å². The van der Waals surface area contributed by atoms with Gasteiger partial charge >= 0.3 is 0 Å². The molecule has 0 aliphatic carbocycles. The average molecular weight is 183 g/mol. The number of carbonyl (C=O) groups excluding carboxylic acids is 1. The van der Waals surface area contributed by atoms with E-state index in [9.17, 15) is 4.79 Å². The molecule has 13 heavy (non-hydrogen) atoms. The summed E-state index contributed by atoms with van der Waals surface area (Å²) in [5.41, 5.74) is 0. The summed E-state index contributed by atoms with van der Waals surface area (Å²) in [6.45, 7) is 8.36. The minimum atomic E-state index is 0.292. The molecule has 1 fully saturated rings. The topological polar surface area (TPSA) is 20.3 Å². The number of piperidine rings is 1. The number of rotatable bonds is 3. The molecule has 1 aliphatic rings. The van der Waals surface area contributed by atoms with Crippen molar-refractivity contribution in [2.45, 2.75) is 40.0 Å². The third kappa shape index (κ3) is 2.45. The van der Waals surface area contributed by atoms with Gasteiger partial charge < -0.3 is 4.90 Å². The standard InChI is InChI=1S/C11H21NO/c1-4-7-12-8-5-6-10(9(2)3)11(12)13/h9-10H,4-8H2,1-3H3. The van der Waals surface area contributed by atoms with Crippen molar-refractivity contribution in [3.63, 3.8) is 0 Å². The first-order chi connectivity index (χ1) is 6.16. The molecule has 0 radical (unpaired) electrons. The zero-order chi connectivity index (χ0) is 9.84. The Bertz CT molecular complexity index is 175. The molecule has 1 unspecified atom stereocenters. The molecule has 2 nitrogen and oxygen atoms in total. The Morgan fingerprint density at radius 1 is 1.54 bits per heavy atom. The second-order valence-corrected chi connectivity index (χ2v) is 4.32. The molecule has 1 rings (SSSR count). The smallest absolute Gasteiger partial charge is 0.225 e. The van der Waals surface area contributed by atoms with Crippen LogP contribution in [0.25, 0.3) is 0 Å². The summed E-state index contributed by atoms with van der Waals surface area (Å²) in [4.78, 5) is 13.9. The summed E-state index contributed by atoms with van der Waals surface area (Å²) in [6, 6.07) is 0. The maximum Gasteiger partial charge on any atom is 0.225 e. The molecule has 1 saturated heterocycles. The highest BCUT2D eigenvalue weighted by Crippen LogP contribution is 2.24. The summed E-state index contributed by atoms with van der Waals surface area (Å²) in [6.07, 6.45) is 3.36. The van der Waals surface area contributed by atoms with Gasteiger partial charge in [-0.2, -0.15) is 0 Å². The second kappa shape index (κ2) is 4.64. The molecule has 0 N–H and O–H groups in total. The fraction of sp³-hybridized carbons (Fsp3) is 0.909. The molecule has 0 aromatic carbocycles. The van der Waals surface area contributed by atoms with Crippen LogP contribution in [-0.4, -0.2) is 23.9 Å². The van der Waals surface area contributed by atoms with E-state index in [0.29, 0.717) is 17.7 Å². The Kier molecular flexibility index (Phi) is 3.76. The van der Waals surface area contributed by atoms with E-state index in [2.05, 4.69) is 20.8 Å². The van der Waals surface area contributed by atoms with Crippen LogP contribution in [0.4, 0.5) is 0 Å².